The van der Waals surface area contributed by atoms with Crippen LogP contribution in [-0.2, 0) is 6.54 Å². The van der Waals surface area contributed by atoms with Crippen LogP contribution in [0.1, 0.15) is 15.9 Å². The minimum atomic E-state index is -0.747. The van der Waals surface area contributed by atoms with E-state index in [-0.39, 0.29) is 34.3 Å². The van der Waals surface area contributed by atoms with E-state index in [1.54, 1.807) is 12.1 Å². The van der Waals surface area contributed by atoms with Crippen molar-refractivity contribution < 1.29 is 18.3 Å². The van der Waals surface area contributed by atoms with Gasteiger partial charge in [0.25, 0.3) is 5.91 Å². The third-order valence-corrected chi connectivity index (χ3v) is 4.15. The van der Waals surface area contributed by atoms with Crippen molar-refractivity contribution in [2.24, 2.45) is 0 Å². The molecule has 0 unspecified atom stereocenters. The van der Waals surface area contributed by atoms with Crippen LogP contribution >= 0.6 is 23.2 Å². The minimum absolute atomic E-state index is 0.0202. The van der Waals surface area contributed by atoms with E-state index in [0.29, 0.717) is 5.02 Å². The second kappa shape index (κ2) is 8.33. The summed E-state index contributed by atoms with van der Waals surface area (Å²) in [5.74, 6) is -1.91. The van der Waals surface area contributed by atoms with Gasteiger partial charge in [-0.3, -0.25) is 4.79 Å². The van der Waals surface area contributed by atoms with Crippen LogP contribution in [0.15, 0.2) is 54.7 Å². The van der Waals surface area contributed by atoms with Gasteiger partial charge in [-0.25, -0.2) is 13.8 Å². The van der Waals surface area contributed by atoms with Crippen molar-refractivity contribution >= 4 is 29.1 Å². The van der Waals surface area contributed by atoms with Gasteiger partial charge in [0.1, 0.15) is 22.9 Å². The standard InChI is InChI=1S/C19H12Cl2F2N2O2/c20-11-6-7-14(21)17(9-11)27-19-12(3-2-8-24-19)18(26)25-10-13-15(22)4-1-5-16(13)23/h1-9H,10H2,(H,25,26). The highest BCUT2D eigenvalue weighted by molar-refractivity contribution is 6.34. The van der Waals surface area contributed by atoms with Gasteiger partial charge in [-0.2, -0.15) is 0 Å². The molecule has 3 aromatic rings. The van der Waals surface area contributed by atoms with Crippen LogP contribution in [0.5, 0.6) is 11.6 Å². The van der Waals surface area contributed by atoms with Crippen LogP contribution in [-0.4, -0.2) is 10.9 Å². The van der Waals surface area contributed by atoms with Gasteiger partial charge >= 0.3 is 0 Å². The molecule has 0 aliphatic heterocycles. The number of aromatic nitrogens is 1. The van der Waals surface area contributed by atoms with Crippen molar-refractivity contribution in [3.05, 3.63) is 87.5 Å². The fourth-order valence-electron chi connectivity index (χ4n) is 2.27. The van der Waals surface area contributed by atoms with Crippen molar-refractivity contribution in [3.63, 3.8) is 0 Å². The normalized spacial score (nSPS) is 10.5. The number of halogens is 4. The molecule has 0 radical (unpaired) electrons. The van der Waals surface area contributed by atoms with Crippen molar-refractivity contribution in [1.82, 2.24) is 10.3 Å². The number of nitrogens with zero attached hydrogens (tertiary/aromatic N) is 1. The van der Waals surface area contributed by atoms with Crippen LogP contribution in [0.25, 0.3) is 0 Å². The van der Waals surface area contributed by atoms with Crippen molar-refractivity contribution in [1.29, 1.82) is 0 Å². The predicted molar refractivity (Wildman–Crippen MR) is 98.3 cm³/mol. The summed E-state index contributed by atoms with van der Waals surface area (Å²) >= 11 is 12.0. The molecule has 1 N–H and O–H groups in total. The average molecular weight is 409 g/mol. The third kappa shape index (κ3) is 4.53. The molecular weight excluding hydrogens is 397 g/mol. The Hall–Kier alpha value is -2.70. The monoisotopic (exact) mass is 408 g/mol. The zero-order valence-corrected chi connectivity index (χ0v) is 15.2. The Bertz CT molecular complexity index is 979. The summed E-state index contributed by atoms with van der Waals surface area (Å²) in [4.78, 5) is 16.5. The van der Waals surface area contributed by atoms with Crippen LogP contribution < -0.4 is 10.1 Å². The fraction of sp³-hybridized carbons (Fsp3) is 0.0526. The average Bonchev–Trinajstić information content (AvgIpc) is 2.64. The largest absolute Gasteiger partial charge is 0.437 e. The molecule has 0 aliphatic carbocycles. The molecule has 0 saturated carbocycles. The summed E-state index contributed by atoms with van der Waals surface area (Å²) in [5.41, 5.74) is -0.166. The summed E-state index contributed by atoms with van der Waals surface area (Å²) in [5, 5.41) is 3.13. The number of hydrogen-bond donors (Lipinski definition) is 1. The number of nitrogens with one attached hydrogen (secondary N) is 1. The van der Waals surface area contributed by atoms with Crippen LogP contribution in [0.2, 0.25) is 10.0 Å². The van der Waals surface area contributed by atoms with Gasteiger partial charge in [0.2, 0.25) is 5.88 Å². The zero-order chi connectivity index (χ0) is 19.4. The molecule has 0 bridgehead atoms. The Balaban J connectivity index is 1.81. The SMILES string of the molecule is O=C(NCc1c(F)cccc1F)c1cccnc1Oc1cc(Cl)ccc1Cl. The molecule has 1 heterocycles. The van der Waals surface area contributed by atoms with Crippen LogP contribution in [0, 0.1) is 11.6 Å². The molecule has 1 aromatic heterocycles. The lowest BCUT2D eigenvalue weighted by Gasteiger charge is -2.12. The van der Waals surface area contributed by atoms with E-state index in [1.165, 1.54) is 30.5 Å². The summed E-state index contributed by atoms with van der Waals surface area (Å²) in [6, 6.07) is 11.1. The summed E-state index contributed by atoms with van der Waals surface area (Å²) in [7, 11) is 0. The number of rotatable bonds is 5. The van der Waals surface area contributed by atoms with Crippen molar-refractivity contribution in [2.45, 2.75) is 6.54 Å². The highest BCUT2D eigenvalue weighted by Gasteiger charge is 2.17. The first-order chi connectivity index (χ1) is 13.0. The van der Waals surface area contributed by atoms with E-state index in [2.05, 4.69) is 10.3 Å². The van der Waals surface area contributed by atoms with E-state index in [0.717, 1.165) is 12.1 Å². The van der Waals surface area contributed by atoms with E-state index in [4.69, 9.17) is 27.9 Å². The lowest BCUT2D eigenvalue weighted by Crippen LogP contribution is -2.24. The summed E-state index contributed by atoms with van der Waals surface area (Å²) in [6.45, 7) is -0.330. The number of ether oxygens (including phenoxy) is 1. The highest BCUT2D eigenvalue weighted by Crippen LogP contribution is 2.32. The van der Waals surface area contributed by atoms with Crippen molar-refractivity contribution in [2.75, 3.05) is 0 Å². The Kier molecular flexibility index (Phi) is 5.88. The summed E-state index contributed by atoms with van der Waals surface area (Å²) < 4.78 is 33.0. The molecule has 0 spiro atoms. The molecule has 0 aliphatic rings. The van der Waals surface area contributed by atoms with Gasteiger partial charge < -0.3 is 10.1 Å². The van der Waals surface area contributed by atoms with Gasteiger partial charge in [-0.15, -0.1) is 0 Å². The van der Waals surface area contributed by atoms with Crippen LogP contribution in [0.4, 0.5) is 8.78 Å². The van der Waals surface area contributed by atoms with Crippen molar-refractivity contribution in [3.8, 4) is 11.6 Å². The molecule has 8 heteroatoms. The maximum absolute atomic E-state index is 13.7. The quantitative estimate of drug-likeness (QED) is 0.615. The number of benzene rings is 2. The Morgan fingerprint density at radius 3 is 2.56 bits per heavy atom. The van der Waals surface area contributed by atoms with Gasteiger partial charge in [0.05, 0.1) is 5.02 Å². The summed E-state index contributed by atoms with van der Waals surface area (Å²) in [6.07, 6.45) is 1.43. The minimum Gasteiger partial charge on any atom is -0.437 e. The molecule has 1 amide bonds. The molecule has 4 nitrogen and oxygen atoms in total. The number of carbonyl (C=O) groups excluding carboxylic acids is 1. The van der Waals surface area contributed by atoms with Gasteiger partial charge in [0.15, 0.2) is 0 Å². The van der Waals surface area contributed by atoms with E-state index in [9.17, 15) is 13.6 Å². The van der Waals surface area contributed by atoms with E-state index >= 15 is 0 Å². The second-order valence-electron chi connectivity index (χ2n) is 5.42. The molecule has 3 rings (SSSR count). The number of hydrogen-bond acceptors (Lipinski definition) is 3. The Labute approximate surface area is 163 Å². The molecule has 2 aromatic carbocycles. The molecule has 138 valence electrons. The first-order valence-corrected chi connectivity index (χ1v) is 8.50. The topological polar surface area (TPSA) is 51.2 Å². The maximum atomic E-state index is 13.7. The van der Waals surface area contributed by atoms with Gasteiger partial charge in [-0.1, -0.05) is 29.3 Å². The number of carbonyl (C=O) groups is 1. The maximum Gasteiger partial charge on any atom is 0.257 e. The van der Waals surface area contributed by atoms with Gasteiger partial charge in [-0.05, 0) is 36.4 Å². The second-order valence-corrected chi connectivity index (χ2v) is 6.26. The van der Waals surface area contributed by atoms with E-state index < -0.39 is 17.5 Å². The van der Waals surface area contributed by atoms with E-state index in [1.807, 2.05) is 0 Å². The molecule has 0 atom stereocenters. The predicted octanol–water partition coefficient (Wildman–Crippen LogP) is 5.39. The third-order valence-electron chi connectivity index (χ3n) is 3.60. The number of pyridine rings is 1. The Morgan fingerprint density at radius 2 is 1.81 bits per heavy atom. The smallest absolute Gasteiger partial charge is 0.257 e. The molecule has 0 fully saturated rings. The molecule has 27 heavy (non-hydrogen) atoms. The highest BCUT2D eigenvalue weighted by atomic mass is 35.5. The number of amides is 1. The fourth-order valence-corrected chi connectivity index (χ4v) is 2.59. The lowest BCUT2D eigenvalue weighted by molar-refractivity contribution is 0.0947. The first-order valence-electron chi connectivity index (χ1n) is 7.74. The zero-order valence-electron chi connectivity index (χ0n) is 13.7. The Morgan fingerprint density at radius 1 is 1.07 bits per heavy atom. The van der Waals surface area contributed by atoms with Crippen LogP contribution in [0.3, 0.4) is 0 Å². The first kappa shape index (κ1) is 19.1. The van der Waals surface area contributed by atoms with Gasteiger partial charge in [0, 0.05) is 29.4 Å². The molecular formula is C19H12Cl2F2N2O2. The lowest BCUT2D eigenvalue weighted by atomic mass is 10.2. The molecule has 0 saturated heterocycles.